The van der Waals surface area contributed by atoms with E-state index in [1.165, 1.54) is 12.3 Å². The predicted molar refractivity (Wildman–Crippen MR) is 150 cm³/mol. The fraction of sp³-hybridized carbons (Fsp3) is 0.138. The third-order valence-electron chi connectivity index (χ3n) is 6.46. The smallest absolute Gasteiger partial charge is 0.278 e. The van der Waals surface area contributed by atoms with E-state index in [0.29, 0.717) is 34.5 Å². The summed E-state index contributed by atoms with van der Waals surface area (Å²) in [6, 6.07) is 20.8. The molecule has 5 rings (SSSR count). The molecule has 0 fully saturated rings. The van der Waals surface area contributed by atoms with Crippen LogP contribution in [0.3, 0.4) is 0 Å². The molecule has 0 unspecified atom stereocenters. The Kier molecular flexibility index (Phi) is 7.27. The molecule has 11 heteroatoms. The molecule has 0 bridgehead atoms. The number of aromatic nitrogens is 2. The van der Waals surface area contributed by atoms with E-state index in [9.17, 15) is 20.0 Å². The number of fused-ring (bicyclic) bond motifs is 2. The second-order valence-electron chi connectivity index (χ2n) is 8.90. The van der Waals surface area contributed by atoms with Crippen LogP contribution in [-0.4, -0.2) is 45.9 Å². The van der Waals surface area contributed by atoms with Crippen molar-refractivity contribution in [2.24, 2.45) is 5.10 Å². The van der Waals surface area contributed by atoms with Crippen molar-refractivity contribution < 1.29 is 24.3 Å². The van der Waals surface area contributed by atoms with Crippen molar-refractivity contribution in [1.82, 2.24) is 15.0 Å². The number of ether oxygens (including phenoxy) is 2. The first-order chi connectivity index (χ1) is 19.4. The number of phenolic OH excluding ortho intramolecular Hbond substituents is 1. The second-order valence-corrected chi connectivity index (χ2v) is 8.90. The van der Waals surface area contributed by atoms with Gasteiger partial charge in [0.1, 0.15) is 18.1 Å². The number of rotatable bonds is 9. The predicted octanol–water partition coefficient (Wildman–Crippen LogP) is 4.56. The Labute approximate surface area is 228 Å². The molecular weight excluding hydrogens is 514 g/mol. The first-order valence-electron chi connectivity index (χ1n) is 12.3. The molecule has 0 saturated heterocycles. The van der Waals surface area contributed by atoms with Crippen molar-refractivity contribution in [3.8, 4) is 17.2 Å². The Hall–Kier alpha value is -5.45. The van der Waals surface area contributed by atoms with Crippen molar-refractivity contribution in [1.29, 1.82) is 0 Å². The molecule has 1 amide bonds. The Morgan fingerprint density at radius 2 is 1.77 bits per heavy atom. The summed E-state index contributed by atoms with van der Waals surface area (Å²) in [5, 5.41) is 26.8. The van der Waals surface area contributed by atoms with Crippen LogP contribution in [0.5, 0.6) is 17.2 Å². The van der Waals surface area contributed by atoms with Crippen molar-refractivity contribution in [2.45, 2.75) is 13.0 Å². The molecule has 0 aliphatic rings. The van der Waals surface area contributed by atoms with Crippen LogP contribution in [0.25, 0.3) is 21.8 Å². The number of nitro groups is 1. The summed E-state index contributed by atoms with van der Waals surface area (Å²) in [6.45, 7) is -0.0790. The lowest BCUT2D eigenvalue weighted by Crippen LogP contribution is -2.24. The largest absolute Gasteiger partial charge is 0.507 e. The third kappa shape index (κ3) is 5.12. The number of nitrogens with zero attached hydrogens (tertiary/aromatic N) is 4. The highest BCUT2D eigenvalue weighted by atomic mass is 16.6. The lowest BCUT2D eigenvalue weighted by atomic mass is 10.0. The summed E-state index contributed by atoms with van der Waals surface area (Å²) < 4.78 is 12.5. The summed E-state index contributed by atoms with van der Waals surface area (Å²) in [5.74, 6) is 1.25. The molecule has 4 aromatic carbocycles. The summed E-state index contributed by atoms with van der Waals surface area (Å²) in [7, 11) is 3.14. The van der Waals surface area contributed by atoms with Gasteiger partial charge in [-0.15, -0.1) is 0 Å². The number of hydrazone groups is 1. The molecule has 1 aromatic heterocycles. The van der Waals surface area contributed by atoms with Gasteiger partial charge in [0.2, 0.25) is 0 Å². The number of aromatic hydroxyl groups is 1. The van der Waals surface area contributed by atoms with Gasteiger partial charge in [-0.3, -0.25) is 14.9 Å². The average molecular weight is 540 g/mol. The van der Waals surface area contributed by atoms with Crippen molar-refractivity contribution >= 4 is 39.6 Å². The van der Waals surface area contributed by atoms with Gasteiger partial charge in [-0.05, 0) is 35.9 Å². The summed E-state index contributed by atoms with van der Waals surface area (Å²) in [4.78, 5) is 28.7. The van der Waals surface area contributed by atoms with Crippen LogP contribution in [0.1, 0.15) is 17.0 Å². The van der Waals surface area contributed by atoms with E-state index in [-0.39, 0.29) is 23.5 Å². The number of phenols is 1. The van der Waals surface area contributed by atoms with Gasteiger partial charge >= 0.3 is 0 Å². The molecule has 0 aliphatic carbocycles. The number of hydrogen-bond acceptors (Lipinski definition) is 8. The van der Waals surface area contributed by atoms with E-state index in [2.05, 4.69) is 10.5 Å². The van der Waals surface area contributed by atoms with Crippen LogP contribution >= 0.6 is 0 Å². The quantitative estimate of drug-likeness (QED) is 0.159. The average Bonchev–Trinajstić information content (AvgIpc) is 3.30. The standard InChI is InChI=1S/C29H25N5O6/c1-39-25-12-11-18(13-26(25)40-2)14-27-31-22-9-5-6-10-23(22)33(27)17-28(35)32-30-16-19-15-24(34(37)38)20-7-3-4-8-21(20)29(19)36/h3-13,15-16,36H,14,17H2,1-2H3,(H,32,35)/b30-16+. The molecule has 0 atom stereocenters. The number of carbonyl (C=O) groups is 1. The van der Waals surface area contributed by atoms with Gasteiger partial charge in [-0.25, -0.2) is 10.4 Å². The lowest BCUT2D eigenvalue weighted by Gasteiger charge is -2.11. The maximum atomic E-state index is 12.9. The minimum atomic E-state index is -0.526. The highest BCUT2D eigenvalue weighted by Crippen LogP contribution is 2.35. The number of nitro benzene ring substituents is 1. The molecule has 2 N–H and O–H groups in total. The van der Waals surface area contributed by atoms with Gasteiger partial charge in [0.25, 0.3) is 11.6 Å². The lowest BCUT2D eigenvalue weighted by molar-refractivity contribution is -0.383. The number of amides is 1. The minimum absolute atomic E-state index is 0.0790. The number of hydrogen-bond donors (Lipinski definition) is 2. The number of imidazole rings is 1. The molecule has 11 nitrogen and oxygen atoms in total. The van der Waals surface area contributed by atoms with Gasteiger partial charge in [-0.2, -0.15) is 5.10 Å². The van der Waals surface area contributed by atoms with Gasteiger partial charge < -0.3 is 19.1 Å². The van der Waals surface area contributed by atoms with Gasteiger partial charge in [-0.1, -0.05) is 36.4 Å². The second kappa shape index (κ2) is 11.1. The monoisotopic (exact) mass is 539 g/mol. The Balaban J connectivity index is 1.39. The zero-order valence-electron chi connectivity index (χ0n) is 21.7. The molecule has 0 radical (unpaired) electrons. The zero-order chi connectivity index (χ0) is 28.2. The first-order valence-corrected chi connectivity index (χ1v) is 12.3. The Morgan fingerprint density at radius 1 is 1.05 bits per heavy atom. The number of nitrogens with one attached hydrogen (secondary N) is 1. The first kappa shape index (κ1) is 26.2. The maximum Gasteiger partial charge on any atom is 0.278 e. The Bertz CT molecular complexity index is 1780. The molecule has 202 valence electrons. The van der Waals surface area contributed by atoms with Crippen molar-refractivity contribution in [3.63, 3.8) is 0 Å². The zero-order valence-corrected chi connectivity index (χ0v) is 21.7. The van der Waals surface area contributed by atoms with Gasteiger partial charge in [0.15, 0.2) is 11.5 Å². The Morgan fingerprint density at radius 3 is 2.52 bits per heavy atom. The molecule has 40 heavy (non-hydrogen) atoms. The number of carbonyl (C=O) groups excluding carboxylic acids is 1. The topological polar surface area (TPSA) is 141 Å². The normalized spacial score (nSPS) is 11.2. The highest BCUT2D eigenvalue weighted by molar-refractivity contribution is 6.02. The van der Waals surface area contributed by atoms with Crippen LogP contribution in [0.2, 0.25) is 0 Å². The van der Waals surface area contributed by atoms with Crippen LogP contribution in [0.15, 0.2) is 77.9 Å². The van der Waals surface area contributed by atoms with Crippen LogP contribution < -0.4 is 14.9 Å². The van der Waals surface area contributed by atoms with Crippen molar-refractivity contribution in [3.05, 3.63) is 99.9 Å². The van der Waals surface area contributed by atoms with Crippen LogP contribution in [0, 0.1) is 10.1 Å². The molecule has 0 saturated carbocycles. The maximum absolute atomic E-state index is 12.9. The SMILES string of the molecule is COc1ccc(Cc2nc3ccccc3n2CC(=O)N/N=C/c2cc([N+](=O)[O-])c3ccccc3c2O)cc1OC. The number of non-ortho nitro benzene ring substituents is 1. The van der Waals surface area contributed by atoms with E-state index in [1.807, 2.05) is 42.5 Å². The molecule has 0 aliphatic heterocycles. The molecule has 5 aromatic rings. The fourth-order valence-corrected chi connectivity index (χ4v) is 4.57. The third-order valence-corrected chi connectivity index (χ3v) is 6.46. The van der Waals surface area contributed by atoms with E-state index < -0.39 is 10.8 Å². The van der Waals surface area contributed by atoms with Gasteiger partial charge in [0.05, 0.1) is 41.8 Å². The van der Waals surface area contributed by atoms with E-state index in [0.717, 1.165) is 16.6 Å². The number of methoxy groups -OCH3 is 2. The van der Waals surface area contributed by atoms with Crippen molar-refractivity contribution in [2.75, 3.05) is 14.2 Å². The number of benzene rings is 4. The summed E-state index contributed by atoms with van der Waals surface area (Å²) >= 11 is 0. The fourth-order valence-electron chi connectivity index (χ4n) is 4.57. The molecular formula is C29H25N5O6. The minimum Gasteiger partial charge on any atom is -0.507 e. The number of para-hydroxylation sites is 2. The molecule has 1 heterocycles. The van der Waals surface area contributed by atoms with Gasteiger partial charge in [0, 0.05) is 23.4 Å². The van der Waals surface area contributed by atoms with Crippen LogP contribution in [-0.2, 0) is 17.8 Å². The highest BCUT2D eigenvalue weighted by Gasteiger charge is 2.18. The van der Waals surface area contributed by atoms with E-state index >= 15 is 0 Å². The van der Waals surface area contributed by atoms with E-state index in [1.54, 1.807) is 43.1 Å². The van der Waals surface area contributed by atoms with Crippen LogP contribution in [0.4, 0.5) is 5.69 Å². The summed E-state index contributed by atoms with van der Waals surface area (Å²) in [5.41, 5.74) is 4.81. The van der Waals surface area contributed by atoms with E-state index in [4.69, 9.17) is 14.5 Å². The summed E-state index contributed by atoms with van der Waals surface area (Å²) in [6.07, 6.45) is 1.61. The molecule has 0 spiro atoms.